The van der Waals surface area contributed by atoms with Gasteiger partial charge in [-0.3, -0.25) is 20.2 Å². The molecule has 2 aromatic rings. The molecule has 5 nitrogen and oxygen atoms in total. The van der Waals surface area contributed by atoms with Gasteiger partial charge < -0.3 is 4.74 Å². The van der Waals surface area contributed by atoms with Crippen LogP contribution in [0.25, 0.3) is 0 Å². The Hall–Kier alpha value is -2.82. The van der Waals surface area contributed by atoms with Crippen molar-refractivity contribution in [3.63, 3.8) is 0 Å². The summed E-state index contributed by atoms with van der Waals surface area (Å²) in [6, 6.07) is 9.29. The molecule has 21 heavy (non-hydrogen) atoms. The number of carbonyl (C=O) groups is 1. The number of nitrogens with one attached hydrogen (secondary N) is 1. The van der Waals surface area contributed by atoms with Crippen LogP contribution in [-0.4, -0.2) is 18.0 Å². The zero-order valence-electron chi connectivity index (χ0n) is 11.6. The number of para-hydroxylation sites is 1. The molecule has 1 aromatic carbocycles. The molecule has 5 heteroatoms. The second-order valence-corrected chi connectivity index (χ2v) is 4.61. The normalized spacial score (nSPS) is 12.7. The molecule has 0 saturated carbocycles. The predicted octanol–water partition coefficient (Wildman–Crippen LogP) is 2.31. The van der Waals surface area contributed by atoms with E-state index in [2.05, 4.69) is 10.4 Å². The zero-order valence-corrected chi connectivity index (χ0v) is 11.6. The van der Waals surface area contributed by atoms with Gasteiger partial charge in [0.05, 0.1) is 12.7 Å². The van der Waals surface area contributed by atoms with E-state index in [1.165, 1.54) is 6.20 Å². The molecule has 0 fully saturated rings. The molecular formula is C16H15N3O2. The molecule has 0 saturated heterocycles. The van der Waals surface area contributed by atoms with Crippen molar-refractivity contribution >= 4 is 11.6 Å². The Kier molecular flexibility index (Phi) is 3.55. The number of nitrogens with zero attached hydrogens (tertiary/aromatic N) is 2. The van der Waals surface area contributed by atoms with Crippen molar-refractivity contribution in [2.24, 2.45) is 0 Å². The third kappa shape index (κ3) is 2.58. The molecule has 1 aromatic heterocycles. The van der Waals surface area contributed by atoms with Gasteiger partial charge in [0.25, 0.3) is 5.91 Å². The van der Waals surface area contributed by atoms with Gasteiger partial charge in [0, 0.05) is 18.6 Å². The lowest BCUT2D eigenvalue weighted by molar-refractivity contribution is 0.0952. The van der Waals surface area contributed by atoms with Gasteiger partial charge in [-0.05, 0) is 30.2 Å². The number of carbonyl (C=O) groups excluding carboxylic acids is 1. The number of fused-ring (bicyclic) bond motifs is 1. The van der Waals surface area contributed by atoms with Crippen LogP contribution in [0.2, 0.25) is 0 Å². The molecule has 0 bridgehead atoms. The van der Waals surface area contributed by atoms with Crippen LogP contribution in [0.4, 0.5) is 5.69 Å². The summed E-state index contributed by atoms with van der Waals surface area (Å²) in [5.41, 5.74) is 5.32. The number of ether oxygens (including phenoxy) is 1. The quantitative estimate of drug-likeness (QED) is 0.938. The highest BCUT2D eigenvalue weighted by Crippen LogP contribution is 2.34. The van der Waals surface area contributed by atoms with E-state index in [1.807, 2.05) is 30.5 Å². The van der Waals surface area contributed by atoms with Gasteiger partial charge in [-0.2, -0.15) is 0 Å². The van der Waals surface area contributed by atoms with E-state index in [9.17, 15) is 4.79 Å². The van der Waals surface area contributed by atoms with Crippen molar-refractivity contribution in [1.82, 2.24) is 10.4 Å². The van der Waals surface area contributed by atoms with E-state index in [0.717, 1.165) is 23.4 Å². The Labute approximate surface area is 122 Å². The SMILES string of the molecule is COc1cccc2c1N(NC(=O)c1cccnc1)C=CC2. The van der Waals surface area contributed by atoms with Crippen LogP contribution < -0.4 is 15.2 Å². The van der Waals surface area contributed by atoms with Crippen LogP contribution in [0.3, 0.4) is 0 Å². The summed E-state index contributed by atoms with van der Waals surface area (Å²) in [6.45, 7) is 0. The first-order valence-corrected chi connectivity index (χ1v) is 6.62. The second kappa shape index (κ2) is 5.66. The van der Waals surface area contributed by atoms with Gasteiger partial charge in [0.15, 0.2) is 0 Å². The molecule has 1 aliphatic heterocycles. The molecule has 0 aliphatic carbocycles. The minimum absolute atomic E-state index is 0.216. The number of hydrogen-bond acceptors (Lipinski definition) is 4. The average Bonchev–Trinajstić information content (AvgIpc) is 2.55. The topological polar surface area (TPSA) is 54.5 Å². The molecule has 106 valence electrons. The molecule has 0 unspecified atom stereocenters. The predicted molar refractivity (Wildman–Crippen MR) is 80.0 cm³/mol. The standard InChI is InChI=1S/C16H15N3O2/c1-21-14-8-2-5-12-7-4-10-19(15(12)14)18-16(20)13-6-3-9-17-11-13/h2-6,8-11H,7H2,1H3,(H,18,20). The number of pyridine rings is 1. The number of amides is 1. The molecule has 3 rings (SSSR count). The van der Waals surface area contributed by atoms with Gasteiger partial charge in [-0.1, -0.05) is 18.2 Å². The first-order chi connectivity index (χ1) is 10.3. The molecule has 0 atom stereocenters. The summed E-state index contributed by atoms with van der Waals surface area (Å²) in [4.78, 5) is 16.2. The maximum absolute atomic E-state index is 12.3. The number of benzene rings is 1. The van der Waals surface area contributed by atoms with Gasteiger partial charge in [-0.15, -0.1) is 0 Å². The monoisotopic (exact) mass is 281 g/mol. The fraction of sp³-hybridized carbons (Fsp3) is 0.125. The molecule has 0 radical (unpaired) electrons. The number of rotatable bonds is 3. The number of anilines is 1. The van der Waals surface area contributed by atoms with E-state index in [4.69, 9.17) is 4.74 Å². The van der Waals surface area contributed by atoms with Crippen LogP contribution in [-0.2, 0) is 6.42 Å². The van der Waals surface area contributed by atoms with Crippen LogP contribution in [0.1, 0.15) is 15.9 Å². The number of allylic oxidation sites excluding steroid dienone is 1. The molecule has 1 N–H and O–H groups in total. The minimum atomic E-state index is -0.216. The molecule has 0 spiro atoms. The fourth-order valence-electron chi connectivity index (χ4n) is 2.29. The number of methoxy groups -OCH3 is 1. The summed E-state index contributed by atoms with van der Waals surface area (Å²) in [5, 5.41) is 1.69. The highest BCUT2D eigenvalue weighted by Gasteiger charge is 2.19. The van der Waals surface area contributed by atoms with Gasteiger partial charge >= 0.3 is 0 Å². The number of aromatic nitrogens is 1. The average molecular weight is 281 g/mol. The van der Waals surface area contributed by atoms with E-state index < -0.39 is 0 Å². The Balaban J connectivity index is 1.89. The highest BCUT2D eigenvalue weighted by molar-refractivity contribution is 5.95. The second-order valence-electron chi connectivity index (χ2n) is 4.61. The largest absolute Gasteiger partial charge is 0.494 e. The van der Waals surface area contributed by atoms with Gasteiger partial charge in [0.2, 0.25) is 0 Å². The van der Waals surface area contributed by atoms with Crippen molar-refractivity contribution in [1.29, 1.82) is 0 Å². The molecule has 2 heterocycles. The Morgan fingerprint density at radius 1 is 1.33 bits per heavy atom. The van der Waals surface area contributed by atoms with Crippen molar-refractivity contribution < 1.29 is 9.53 Å². The smallest absolute Gasteiger partial charge is 0.271 e. The summed E-state index contributed by atoms with van der Waals surface area (Å²) >= 11 is 0. The van der Waals surface area contributed by atoms with Crippen LogP contribution in [0, 0.1) is 0 Å². The van der Waals surface area contributed by atoms with Crippen molar-refractivity contribution in [3.8, 4) is 5.75 Å². The number of hydrazine groups is 1. The molecular weight excluding hydrogens is 266 g/mol. The summed E-state index contributed by atoms with van der Waals surface area (Å²) in [6.07, 6.45) is 7.80. The number of hydrogen-bond donors (Lipinski definition) is 1. The minimum Gasteiger partial charge on any atom is -0.494 e. The lowest BCUT2D eigenvalue weighted by atomic mass is 10.1. The Morgan fingerprint density at radius 3 is 3.00 bits per heavy atom. The van der Waals surface area contributed by atoms with E-state index in [0.29, 0.717) is 5.56 Å². The molecule has 1 amide bonds. The zero-order chi connectivity index (χ0) is 14.7. The van der Waals surface area contributed by atoms with Crippen molar-refractivity contribution in [3.05, 3.63) is 66.1 Å². The van der Waals surface area contributed by atoms with Gasteiger partial charge in [-0.25, -0.2) is 0 Å². The lowest BCUT2D eigenvalue weighted by Gasteiger charge is -2.28. The first-order valence-electron chi connectivity index (χ1n) is 6.62. The van der Waals surface area contributed by atoms with Gasteiger partial charge in [0.1, 0.15) is 11.4 Å². The summed E-state index contributed by atoms with van der Waals surface area (Å²) < 4.78 is 5.39. The first kappa shape index (κ1) is 13.2. The van der Waals surface area contributed by atoms with Crippen molar-refractivity contribution in [2.75, 3.05) is 12.1 Å². The third-order valence-corrected chi connectivity index (χ3v) is 3.28. The maximum atomic E-state index is 12.3. The van der Waals surface area contributed by atoms with Crippen LogP contribution in [0.15, 0.2) is 55.0 Å². The van der Waals surface area contributed by atoms with E-state index in [-0.39, 0.29) is 5.91 Å². The Bertz CT molecular complexity index is 683. The Morgan fingerprint density at radius 2 is 2.24 bits per heavy atom. The van der Waals surface area contributed by atoms with E-state index >= 15 is 0 Å². The third-order valence-electron chi connectivity index (χ3n) is 3.28. The van der Waals surface area contributed by atoms with E-state index in [1.54, 1.807) is 30.4 Å². The summed E-state index contributed by atoms with van der Waals surface area (Å²) in [7, 11) is 1.62. The highest BCUT2D eigenvalue weighted by atomic mass is 16.5. The van der Waals surface area contributed by atoms with Crippen LogP contribution in [0.5, 0.6) is 5.75 Å². The summed E-state index contributed by atoms with van der Waals surface area (Å²) in [5.74, 6) is 0.509. The van der Waals surface area contributed by atoms with Crippen LogP contribution >= 0.6 is 0 Å². The maximum Gasteiger partial charge on any atom is 0.271 e. The lowest BCUT2D eigenvalue weighted by Crippen LogP contribution is -2.40. The van der Waals surface area contributed by atoms with Crippen molar-refractivity contribution in [2.45, 2.75) is 6.42 Å². The fourth-order valence-corrected chi connectivity index (χ4v) is 2.29. The molecule has 1 aliphatic rings.